The van der Waals surface area contributed by atoms with Crippen LogP contribution in [0.15, 0.2) is 29.1 Å². The number of amides is 1. The van der Waals surface area contributed by atoms with Crippen LogP contribution in [0.3, 0.4) is 0 Å². The summed E-state index contributed by atoms with van der Waals surface area (Å²) in [6, 6.07) is 9.35. The fourth-order valence-corrected chi connectivity index (χ4v) is 3.37. The molecule has 1 heterocycles. The number of aromatic nitrogens is 2. The topological polar surface area (TPSA) is 89.8 Å². The van der Waals surface area contributed by atoms with E-state index in [0.29, 0.717) is 36.1 Å². The summed E-state index contributed by atoms with van der Waals surface area (Å²) in [7, 11) is 0. The fraction of sp³-hybridized carbons (Fsp3) is 0.444. The predicted octanol–water partition coefficient (Wildman–Crippen LogP) is 2.36. The van der Waals surface area contributed by atoms with Crippen molar-refractivity contribution in [1.82, 2.24) is 14.9 Å². The number of hydrogen-bond donors (Lipinski definition) is 1. The van der Waals surface area contributed by atoms with Gasteiger partial charge >= 0.3 is 0 Å². The molecular formula is C18H20N4O2. The number of rotatable bonds is 4. The summed E-state index contributed by atoms with van der Waals surface area (Å²) in [5, 5.41) is 10.0. The zero-order valence-corrected chi connectivity index (χ0v) is 13.7. The fourth-order valence-electron chi connectivity index (χ4n) is 3.37. The molecule has 0 radical (unpaired) electrons. The smallest absolute Gasteiger partial charge is 0.258 e. The lowest BCUT2D eigenvalue weighted by Gasteiger charge is -2.28. The van der Waals surface area contributed by atoms with Crippen molar-refractivity contribution >= 4 is 16.8 Å². The van der Waals surface area contributed by atoms with Gasteiger partial charge < -0.3 is 9.88 Å². The third kappa shape index (κ3) is 2.78. The molecule has 24 heavy (non-hydrogen) atoms. The van der Waals surface area contributed by atoms with Crippen LogP contribution in [0.25, 0.3) is 10.9 Å². The maximum absolute atomic E-state index is 12.9. The van der Waals surface area contributed by atoms with E-state index in [1.54, 1.807) is 23.1 Å². The van der Waals surface area contributed by atoms with E-state index < -0.39 is 5.41 Å². The third-order valence-corrected chi connectivity index (χ3v) is 4.75. The van der Waals surface area contributed by atoms with Gasteiger partial charge in [0, 0.05) is 6.54 Å². The number of carbonyl (C=O) groups excluding carboxylic acids is 1. The lowest BCUT2D eigenvalue weighted by atomic mass is 9.86. The first kappa shape index (κ1) is 16.2. The Balaban J connectivity index is 1.90. The molecule has 1 N–H and O–H groups in total. The van der Waals surface area contributed by atoms with Gasteiger partial charge in [0.25, 0.3) is 5.56 Å². The van der Waals surface area contributed by atoms with Gasteiger partial charge in [0.2, 0.25) is 5.91 Å². The molecule has 0 unspecified atom stereocenters. The molecule has 1 saturated carbocycles. The summed E-state index contributed by atoms with van der Waals surface area (Å²) in [6.45, 7) is 2.55. The number of benzene rings is 1. The van der Waals surface area contributed by atoms with Crippen molar-refractivity contribution in [3.05, 3.63) is 40.4 Å². The molecule has 6 heteroatoms. The lowest BCUT2D eigenvalue weighted by Crippen LogP contribution is -2.42. The molecule has 2 aromatic rings. The van der Waals surface area contributed by atoms with E-state index in [1.807, 2.05) is 13.0 Å². The van der Waals surface area contributed by atoms with Crippen molar-refractivity contribution in [3.8, 4) is 6.07 Å². The van der Waals surface area contributed by atoms with Crippen LogP contribution in [0.1, 0.15) is 38.4 Å². The summed E-state index contributed by atoms with van der Waals surface area (Å²) in [6.07, 6.45) is 3.03. The largest absolute Gasteiger partial charge is 0.334 e. The van der Waals surface area contributed by atoms with Crippen molar-refractivity contribution < 1.29 is 4.79 Å². The Labute approximate surface area is 140 Å². The van der Waals surface area contributed by atoms with Gasteiger partial charge in [-0.2, -0.15) is 5.26 Å². The molecule has 0 atom stereocenters. The van der Waals surface area contributed by atoms with Crippen molar-refractivity contribution in [1.29, 1.82) is 5.26 Å². The predicted molar refractivity (Wildman–Crippen MR) is 90.0 cm³/mol. The van der Waals surface area contributed by atoms with Gasteiger partial charge in [-0.25, -0.2) is 4.98 Å². The van der Waals surface area contributed by atoms with E-state index >= 15 is 0 Å². The monoisotopic (exact) mass is 324 g/mol. The third-order valence-electron chi connectivity index (χ3n) is 4.75. The molecule has 0 saturated heterocycles. The highest BCUT2D eigenvalue weighted by Crippen LogP contribution is 2.39. The highest BCUT2D eigenvalue weighted by atomic mass is 16.2. The number of nitrogens with one attached hydrogen (secondary N) is 1. The molecule has 0 bridgehead atoms. The Kier molecular flexibility index (Phi) is 4.34. The quantitative estimate of drug-likeness (QED) is 0.935. The summed E-state index contributed by atoms with van der Waals surface area (Å²) >= 11 is 0. The van der Waals surface area contributed by atoms with Gasteiger partial charge in [-0.3, -0.25) is 9.59 Å². The molecule has 1 fully saturated rings. The van der Waals surface area contributed by atoms with Gasteiger partial charge in [-0.05, 0) is 31.9 Å². The van der Waals surface area contributed by atoms with Crippen LogP contribution in [-0.4, -0.2) is 27.3 Å². The molecule has 1 aliphatic rings. The highest BCUT2D eigenvalue weighted by Gasteiger charge is 2.43. The number of carbonyl (C=O) groups is 1. The zero-order valence-electron chi connectivity index (χ0n) is 13.7. The second-order valence-electron chi connectivity index (χ2n) is 6.25. The zero-order chi connectivity index (χ0) is 17.2. The summed E-state index contributed by atoms with van der Waals surface area (Å²) in [5.74, 6) is 0.292. The maximum atomic E-state index is 12.9. The number of fused-ring (bicyclic) bond motifs is 1. The average Bonchev–Trinajstić information content (AvgIpc) is 3.09. The molecule has 3 rings (SSSR count). The number of aromatic amines is 1. The normalized spacial score (nSPS) is 16.0. The van der Waals surface area contributed by atoms with Crippen molar-refractivity contribution in [3.63, 3.8) is 0 Å². The van der Waals surface area contributed by atoms with Crippen LogP contribution in [0.2, 0.25) is 0 Å². The van der Waals surface area contributed by atoms with Crippen LogP contribution in [0.5, 0.6) is 0 Å². The Morgan fingerprint density at radius 1 is 1.38 bits per heavy atom. The number of H-pyrrole nitrogens is 1. The van der Waals surface area contributed by atoms with Gasteiger partial charge in [0.15, 0.2) is 0 Å². The first-order chi connectivity index (χ1) is 11.6. The molecule has 1 aliphatic carbocycles. The Morgan fingerprint density at radius 2 is 2.08 bits per heavy atom. The minimum Gasteiger partial charge on any atom is -0.334 e. The molecule has 1 amide bonds. The highest BCUT2D eigenvalue weighted by molar-refractivity contribution is 5.85. The minimum absolute atomic E-state index is 0.152. The second-order valence-corrected chi connectivity index (χ2v) is 6.25. The van der Waals surface area contributed by atoms with Crippen LogP contribution in [0, 0.1) is 16.7 Å². The van der Waals surface area contributed by atoms with E-state index in [2.05, 4.69) is 16.0 Å². The Bertz CT molecular complexity index is 859. The molecule has 6 nitrogen and oxygen atoms in total. The summed E-state index contributed by atoms with van der Waals surface area (Å²) in [4.78, 5) is 33.8. The SMILES string of the molecule is CCN(Cc1nc2ccccc2c(=O)[nH]1)C(=O)C1(C#N)CCCC1. The van der Waals surface area contributed by atoms with Crippen LogP contribution in [0.4, 0.5) is 0 Å². The van der Waals surface area contributed by atoms with Crippen molar-refractivity contribution in [2.24, 2.45) is 5.41 Å². The van der Waals surface area contributed by atoms with E-state index in [1.165, 1.54) is 0 Å². The van der Waals surface area contributed by atoms with E-state index in [-0.39, 0.29) is 18.0 Å². The first-order valence-electron chi connectivity index (χ1n) is 8.28. The minimum atomic E-state index is -0.910. The van der Waals surface area contributed by atoms with Gasteiger partial charge in [-0.15, -0.1) is 0 Å². The van der Waals surface area contributed by atoms with Gasteiger partial charge in [0.1, 0.15) is 11.2 Å². The average molecular weight is 324 g/mol. The number of nitriles is 1. The molecule has 1 aromatic carbocycles. The number of nitrogens with zero attached hydrogens (tertiary/aromatic N) is 3. The van der Waals surface area contributed by atoms with Crippen LogP contribution >= 0.6 is 0 Å². The first-order valence-corrected chi connectivity index (χ1v) is 8.28. The Morgan fingerprint density at radius 3 is 2.75 bits per heavy atom. The number of hydrogen-bond acceptors (Lipinski definition) is 4. The molecule has 0 aliphatic heterocycles. The molecule has 0 spiro atoms. The van der Waals surface area contributed by atoms with E-state index in [4.69, 9.17) is 0 Å². The second kappa shape index (κ2) is 6.44. The molecule has 124 valence electrons. The summed E-state index contributed by atoms with van der Waals surface area (Å²) in [5.41, 5.74) is -0.516. The standard InChI is InChI=1S/C18H20N4O2/c1-2-22(17(24)18(12-19)9-5-6-10-18)11-15-20-14-8-4-3-7-13(14)16(23)21-15/h3-4,7-8H,2,5-6,9-11H2,1H3,(H,20,21,23). The van der Waals surface area contributed by atoms with Gasteiger partial charge in [-0.1, -0.05) is 25.0 Å². The lowest BCUT2D eigenvalue weighted by molar-refractivity contribution is -0.139. The Hall–Kier alpha value is -2.68. The van der Waals surface area contributed by atoms with E-state index in [0.717, 1.165) is 12.8 Å². The molecule has 1 aromatic heterocycles. The van der Waals surface area contributed by atoms with Gasteiger partial charge in [0.05, 0.1) is 23.5 Å². The van der Waals surface area contributed by atoms with Crippen LogP contribution in [-0.2, 0) is 11.3 Å². The maximum Gasteiger partial charge on any atom is 0.258 e. The van der Waals surface area contributed by atoms with E-state index in [9.17, 15) is 14.9 Å². The van der Waals surface area contributed by atoms with Crippen molar-refractivity contribution in [2.45, 2.75) is 39.2 Å². The molecular weight excluding hydrogens is 304 g/mol. The van der Waals surface area contributed by atoms with Crippen LogP contribution < -0.4 is 5.56 Å². The number of para-hydroxylation sites is 1. The van der Waals surface area contributed by atoms with Crippen molar-refractivity contribution in [2.75, 3.05) is 6.54 Å². The summed E-state index contributed by atoms with van der Waals surface area (Å²) < 4.78 is 0.